The predicted octanol–water partition coefficient (Wildman–Crippen LogP) is 1.81. The lowest BCUT2D eigenvalue weighted by Gasteiger charge is -2.28. The molecular weight excluding hydrogens is 236 g/mol. The maximum Gasteiger partial charge on any atom is 0.101 e. The second kappa shape index (κ2) is 5.10. The summed E-state index contributed by atoms with van der Waals surface area (Å²) in [5.41, 5.74) is 8.18. The maximum atomic E-state index is 9.29. The summed E-state index contributed by atoms with van der Waals surface area (Å²) in [5.74, 6) is 0. The molecule has 0 spiro atoms. The number of rotatable bonds is 1. The summed E-state index contributed by atoms with van der Waals surface area (Å²) < 4.78 is 0. The van der Waals surface area contributed by atoms with Crippen LogP contribution in [0.5, 0.6) is 0 Å². The third-order valence-electron chi connectivity index (χ3n) is 4.29. The van der Waals surface area contributed by atoms with E-state index in [2.05, 4.69) is 15.9 Å². The lowest BCUT2D eigenvalue weighted by Crippen LogP contribution is -2.36. The van der Waals surface area contributed by atoms with E-state index in [1.54, 1.807) is 6.07 Å². The second-order valence-corrected chi connectivity index (χ2v) is 5.52. The predicted molar refractivity (Wildman–Crippen MR) is 77.0 cm³/mol. The Kier molecular flexibility index (Phi) is 3.31. The van der Waals surface area contributed by atoms with Gasteiger partial charge in [0.15, 0.2) is 0 Å². The smallest absolute Gasteiger partial charge is 0.101 e. The first-order valence-corrected chi connectivity index (χ1v) is 7.06. The number of hydrogen-bond acceptors (Lipinski definition) is 4. The van der Waals surface area contributed by atoms with Crippen LogP contribution < -0.4 is 10.6 Å². The number of benzene rings is 1. The Balaban J connectivity index is 1.87. The van der Waals surface area contributed by atoms with Gasteiger partial charge in [-0.05, 0) is 44.0 Å². The van der Waals surface area contributed by atoms with Crippen molar-refractivity contribution in [1.29, 1.82) is 5.26 Å². The molecule has 1 unspecified atom stereocenters. The van der Waals surface area contributed by atoms with Gasteiger partial charge in [-0.3, -0.25) is 4.90 Å². The minimum atomic E-state index is 0.659. The van der Waals surface area contributed by atoms with Gasteiger partial charge < -0.3 is 10.6 Å². The van der Waals surface area contributed by atoms with E-state index >= 15 is 0 Å². The van der Waals surface area contributed by atoms with Crippen molar-refractivity contribution in [2.45, 2.75) is 25.3 Å². The van der Waals surface area contributed by atoms with Crippen molar-refractivity contribution in [2.75, 3.05) is 36.8 Å². The molecule has 4 heteroatoms. The topological polar surface area (TPSA) is 56.3 Å². The van der Waals surface area contributed by atoms with Crippen LogP contribution >= 0.6 is 0 Å². The third kappa shape index (κ3) is 2.39. The van der Waals surface area contributed by atoms with Gasteiger partial charge in [-0.1, -0.05) is 0 Å². The van der Waals surface area contributed by atoms with Crippen molar-refractivity contribution in [3.05, 3.63) is 23.8 Å². The SMILES string of the molecule is N#Cc1cc(N)ccc1N1CCCN2CCCC2C1. The van der Waals surface area contributed by atoms with E-state index in [-0.39, 0.29) is 0 Å². The molecule has 19 heavy (non-hydrogen) atoms. The molecule has 2 heterocycles. The van der Waals surface area contributed by atoms with Crippen LogP contribution in [0.1, 0.15) is 24.8 Å². The molecule has 2 N–H and O–H groups in total. The lowest BCUT2D eigenvalue weighted by atomic mass is 10.1. The molecule has 100 valence electrons. The Hall–Kier alpha value is -1.73. The van der Waals surface area contributed by atoms with Gasteiger partial charge in [-0.15, -0.1) is 0 Å². The lowest BCUT2D eigenvalue weighted by molar-refractivity contribution is 0.273. The normalized spacial score (nSPS) is 23.7. The van der Waals surface area contributed by atoms with E-state index < -0.39 is 0 Å². The first-order chi connectivity index (χ1) is 9.28. The molecular formula is C15H20N4. The van der Waals surface area contributed by atoms with E-state index in [4.69, 9.17) is 5.73 Å². The number of nitrogens with two attached hydrogens (primary N) is 1. The molecule has 4 nitrogen and oxygen atoms in total. The van der Waals surface area contributed by atoms with Crippen LogP contribution in [-0.4, -0.2) is 37.1 Å². The molecule has 1 aromatic rings. The highest BCUT2D eigenvalue weighted by Crippen LogP contribution is 2.28. The summed E-state index contributed by atoms with van der Waals surface area (Å²) in [4.78, 5) is 4.97. The minimum absolute atomic E-state index is 0.659. The van der Waals surface area contributed by atoms with Crippen LogP contribution in [0.2, 0.25) is 0 Å². The molecule has 0 bridgehead atoms. The molecule has 0 radical (unpaired) electrons. The maximum absolute atomic E-state index is 9.29. The van der Waals surface area contributed by atoms with Gasteiger partial charge in [-0.2, -0.15) is 5.26 Å². The summed E-state index contributed by atoms with van der Waals surface area (Å²) in [6, 6.07) is 8.62. The standard InChI is InChI=1S/C15H20N4/c16-10-12-9-13(17)4-5-15(12)19-8-2-7-18-6-1-3-14(18)11-19/h4-5,9,14H,1-3,6-8,11,17H2. The fourth-order valence-electron chi connectivity index (χ4n) is 3.34. The monoisotopic (exact) mass is 256 g/mol. The molecule has 1 aromatic carbocycles. The summed E-state index contributed by atoms with van der Waals surface area (Å²) in [6.07, 6.45) is 3.77. The van der Waals surface area contributed by atoms with Crippen molar-refractivity contribution >= 4 is 11.4 Å². The van der Waals surface area contributed by atoms with Crippen LogP contribution in [0.4, 0.5) is 11.4 Å². The van der Waals surface area contributed by atoms with Crippen molar-refractivity contribution < 1.29 is 0 Å². The van der Waals surface area contributed by atoms with Gasteiger partial charge in [0, 0.05) is 31.4 Å². The zero-order chi connectivity index (χ0) is 13.2. The average molecular weight is 256 g/mol. The van der Waals surface area contributed by atoms with Gasteiger partial charge >= 0.3 is 0 Å². The highest BCUT2D eigenvalue weighted by atomic mass is 15.3. The van der Waals surface area contributed by atoms with Crippen LogP contribution in [-0.2, 0) is 0 Å². The molecule has 2 aliphatic rings. The second-order valence-electron chi connectivity index (χ2n) is 5.52. The number of nitrogens with zero attached hydrogens (tertiary/aromatic N) is 3. The quantitative estimate of drug-likeness (QED) is 0.779. The number of anilines is 2. The Bertz CT molecular complexity index is 505. The molecule has 3 rings (SSSR count). The van der Waals surface area contributed by atoms with Crippen LogP contribution in [0, 0.1) is 11.3 Å². The molecule has 1 atom stereocenters. The van der Waals surface area contributed by atoms with E-state index in [1.807, 2.05) is 12.1 Å². The Labute approximate surface area is 114 Å². The van der Waals surface area contributed by atoms with Crippen LogP contribution in [0.25, 0.3) is 0 Å². The highest BCUT2D eigenvalue weighted by Gasteiger charge is 2.29. The Morgan fingerprint density at radius 1 is 1.21 bits per heavy atom. The van der Waals surface area contributed by atoms with E-state index in [0.717, 1.165) is 18.8 Å². The van der Waals surface area contributed by atoms with Gasteiger partial charge in [0.2, 0.25) is 0 Å². The summed E-state index contributed by atoms with van der Waals surface area (Å²) >= 11 is 0. The van der Waals surface area contributed by atoms with Gasteiger partial charge in [-0.25, -0.2) is 0 Å². The number of nitriles is 1. The Morgan fingerprint density at radius 2 is 2.05 bits per heavy atom. The fraction of sp³-hybridized carbons (Fsp3) is 0.533. The summed E-state index contributed by atoms with van der Waals surface area (Å²) in [6.45, 7) is 4.51. The summed E-state index contributed by atoms with van der Waals surface area (Å²) in [7, 11) is 0. The van der Waals surface area contributed by atoms with Crippen LogP contribution in [0.15, 0.2) is 18.2 Å². The van der Waals surface area contributed by atoms with Crippen molar-refractivity contribution in [3.63, 3.8) is 0 Å². The van der Waals surface area contributed by atoms with Gasteiger partial charge in [0.05, 0.1) is 11.3 Å². The van der Waals surface area contributed by atoms with E-state index in [1.165, 1.54) is 32.4 Å². The van der Waals surface area contributed by atoms with Crippen molar-refractivity contribution in [2.24, 2.45) is 0 Å². The van der Waals surface area contributed by atoms with Gasteiger partial charge in [0.25, 0.3) is 0 Å². The fourth-order valence-corrected chi connectivity index (χ4v) is 3.34. The molecule has 2 saturated heterocycles. The van der Waals surface area contributed by atoms with E-state index in [0.29, 0.717) is 17.3 Å². The first kappa shape index (κ1) is 12.3. The van der Waals surface area contributed by atoms with Crippen LogP contribution in [0.3, 0.4) is 0 Å². The largest absolute Gasteiger partial charge is 0.399 e. The molecule has 0 aliphatic carbocycles. The van der Waals surface area contributed by atoms with Gasteiger partial charge in [0.1, 0.15) is 6.07 Å². The molecule has 2 aliphatic heterocycles. The molecule has 0 aromatic heterocycles. The third-order valence-corrected chi connectivity index (χ3v) is 4.29. The van der Waals surface area contributed by atoms with Crippen molar-refractivity contribution in [1.82, 2.24) is 4.90 Å². The van der Waals surface area contributed by atoms with Crippen molar-refractivity contribution in [3.8, 4) is 6.07 Å². The number of hydrogen-bond donors (Lipinski definition) is 1. The zero-order valence-electron chi connectivity index (χ0n) is 11.2. The molecule has 0 saturated carbocycles. The van der Waals surface area contributed by atoms with E-state index in [9.17, 15) is 5.26 Å². The Morgan fingerprint density at radius 3 is 2.89 bits per heavy atom. The molecule has 0 amide bonds. The number of fused-ring (bicyclic) bond motifs is 1. The average Bonchev–Trinajstić information content (AvgIpc) is 2.76. The summed E-state index contributed by atoms with van der Waals surface area (Å²) in [5, 5.41) is 9.29. The number of nitrogen functional groups attached to an aromatic ring is 1. The highest BCUT2D eigenvalue weighted by molar-refractivity contribution is 5.64. The zero-order valence-corrected chi connectivity index (χ0v) is 11.2. The minimum Gasteiger partial charge on any atom is -0.399 e. The first-order valence-electron chi connectivity index (χ1n) is 7.06. The molecule has 2 fully saturated rings.